The fourth-order valence-electron chi connectivity index (χ4n) is 2.74. The van der Waals surface area contributed by atoms with E-state index in [1.54, 1.807) is 24.2 Å². The second-order valence-corrected chi connectivity index (χ2v) is 6.10. The zero-order valence-electron chi connectivity index (χ0n) is 13.1. The van der Waals surface area contributed by atoms with Gasteiger partial charge in [-0.1, -0.05) is 17.7 Å². The fraction of sp³-hybridized carbons (Fsp3) is 0.353. The lowest BCUT2D eigenvalue weighted by atomic mass is 10.2. The Kier molecular flexibility index (Phi) is 4.76. The largest absolute Gasteiger partial charge is 0.357 e. The molecule has 1 saturated heterocycles. The van der Waals surface area contributed by atoms with E-state index in [9.17, 15) is 4.79 Å². The molecule has 3 heterocycles. The van der Waals surface area contributed by atoms with Crippen molar-refractivity contribution in [2.24, 2.45) is 0 Å². The lowest BCUT2D eigenvalue weighted by Crippen LogP contribution is -2.27. The first-order valence-electron chi connectivity index (χ1n) is 7.71. The van der Waals surface area contributed by atoms with Crippen LogP contribution in [0.5, 0.6) is 0 Å². The lowest BCUT2D eigenvalue weighted by Gasteiger charge is -2.20. The van der Waals surface area contributed by atoms with Crippen LogP contribution in [0.2, 0.25) is 5.15 Å². The summed E-state index contributed by atoms with van der Waals surface area (Å²) in [7, 11) is 1.76. The van der Waals surface area contributed by atoms with E-state index in [0.29, 0.717) is 17.3 Å². The number of hydrogen-bond acceptors (Lipinski definition) is 4. The van der Waals surface area contributed by atoms with E-state index in [1.807, 2.05) is 24.3 Å². The normalized spacial score (nSPS) is 14.1. The van der Waals surface area contributed by atoms with Gasteiger partial charge in [0, 0.05) is 31.9 Å². The predicted octanol–water partition coefficient (Wildman–Crippen LogP) is 3.00. The first-order valence-corrected chi connectivity index (χ1v) is 8.09. The van der Waals surface area contributed by atoms with Crippen molar-refractivity contribution < 1.29 is 4.79 Å². The van der Waals surface area contributed by atoms with Gasteiger partial charge in [-0.25, -0.2) is 4.98 Å². The van der Waals surface area contributed by atoms with Gasteiger partial charge in [0.15, 0.2) is 0 Å². The van der Waals surface area contributed by atoms with Crippen molar-refractivity contribution in [1.82, 2.24) is 14.9 Å². The SMILES string of the molecule is CN(Cc1ccccn1)C(=O)c1cc(Cl)nc(N2CCCC2)c1. The van der Waals surface area contributed by atoms with Crippen LogP contribution in [0.25, 0.3) is 0 Å². The van der Waals surface area contributed by atoms with E-state index in [2.05, 4.69) is 14.9 Å². The monoisotopic (exact) mass is 330 g/mol. The highest BCUT2D eigenvalue weighted by molar-refractivity contribution is 6.29. The average Bonchev–Trinajstić information content (AvgIpc) is 3.09. The van der Waals surface area contributed by atoms with E-state index < -0.39 is 0 Å². The van der Waals surface area contributed by atoms with Crippen molar-refractivity contribution in [2.45, 2.75) is 19.4 Å². The second-order valence-electron chi connectivity index (χ2n) is 5.71. The molecule has 0 saturated carbocycles. The fourth-order valence-corrected chi connectivity index (χ4v) is 2.95. The molecule has 0 aromatic carbocycles. The summed E-state index contributed by atoms with van der Waals surface area (Å²) < 4.78 is 0. The number of carbonyl (C=O) groups is 1. The van der Waals surface area contributed by atoms with Gasteiger partial charge in [-0.15, -0.1) is 0 Å². The molecule has 3 rings (SSSR count). The standard InChI is InChI=1S/C17H19ClN4O/c1-21(12-14-6-2-3-7-19-14)17(23)13-10-15(18)20-16(11-13)22-8-4-5-9-22/h2-3,6-7,10-11H,4-5,8-9,12H2,1H3. The summed E-state index contributed by atoms with van der Waals surface area (Å²) in [5.41, 5.74) is 1.41. The maximum absolute atomic E-state index is 12.7. The molecule has 6 heteroatoms. The molecule has 0 spiro atoms. The minimum Gasteiger partial charge on any atom is -0.357 e. The Hall–Kier alpha value is -2.14. The highest BCUT2D eigenvalue weighted by atomic mass is 35.5. The Morgan fingerprint density at radius 3 is 2.78 bits per heavy atom. The molecule has 0 unspecified atom stereocenters. The summed E-state index contributed by atoms with van der Waals surface area (Å²) in [6.45, 7) is 2.38. The molecular formula is C17H19ClN4O. The van der Waals surface area contributed by atoms with Crippen molar-refractivity contribution in [3.63, 3.8) is 0 Å². The van der Waals surface area contributed by atoms with Crippen molar-refractivity contribution in [1.29, 1.82) is 0 Å². The van der Waals surface area contributed by atoms with Crippen LogP contribution < -0.4 is 4.90 Å². The summed E-state index contributed by atoms with van der Waals surface area (Å²) >= 11 is 6.12. The van der Waals surface area contributed by atoms with Gasteiger partial charge >= 0.3 is 0 Å². The third-order valence-electron chi connectivity index (χ3n) is 3.93. The molecule has 0 bridgehead atoms. The first-order chi connectivity index (χ1) is 11.1. The molecule has 1 aliphatic heterocycles. The molecule has 0 atom stereocenters. The molecule has 2 aromatic heterocycles. The van der Waals surface area contributed by atoms with Gasteiger partial charge in [-0.3, -0.25) is 9.78 Å². The molecule has 0 radical (unpaired) electrons. The van der Waals surface area contributed by atoms with Gasteiger partial charge in [0.2, 0.25) is 0 Å². The number of amides is 1. The molecule has 1 fully saturated rings. The Balaban J connectivity index is 1.78. The van der Waals surface area contributed by atoms with Gasteiger partial charge < -0.3 is 9.80 Å². The summed E-state index contributed by atoms with van der Waals surface area (Å²) in [5, 5.41) is 0.351. The number of nitrogens with zero attached hydrogens (tertiary/aromatic N) is 4. The number of aromatic nitrogens is 2. The molecule has 23 heavy (non-hydrogen) atoms. The van der Waals surface area contributed by atoms with Crippen LogP contribution in [0.15, 0.2) is 36.5 Å². The molecule has 0 N–H and O–H groups in total. The third kappa shape index (κ3) is 3.79. The van der Waals surface area contributed by atoms with Crippen molar-refractivity contribution >= 4 is 23.3 Å². The zero-order valence-corrected chi connectivity index (χ0v) is 13.8. The Labute approximate surface area is 140 Å². The molecule has 1 aliphatic rings. The Morgan fingerprint density at radius 1 is 1.30 bits per heavy atom. The van der Waals surface area contributed by atoms with E-state index in [0.717, 1.165) is 37.4 Å². The number of rotatable bonds is 4. The van der Waals surface area contributed by atoms with Crippen LogP contribution >= 0.6 is 11.6 Å². The van der Waals surface area contributed by atoms with Crippen LogP contribution in [0.1, 0.15) is 28.9 Å². The molecule has 5 nitrogen and oxygen atoms in total. The summed E-state index contributed by atoms with van der Waals surface area (Å²) in [6.07, 6.45) is 4.02. The van der Waals surface area contributed by atoms with E-state index in [-0.39, 0.29) is 5.91 Å². The quantitative estimate of drug-likeness (QED) is 0.809. The Morgan fingerprint density at radius 2 is 2.09 bits per heavy atom. The number of halogens is 1. The molecular weight excluding hydrogens is 312 g/mol. The van der Waals surface area contributed by atoms with Gasteiger partial charge in [-0.05, 0) is 37.1 Å². The van der Waals surface area contributed by atoms with E-state index in [1.165, 1.54) is 0 Å². The third-order valence-corrected chi connectivity index (χ3v) is 4.12. The van der Waals surface area contributed by atoms with E-state index >= 15 is 0 Å². The van der Waals surface area contributed by atoms with Crippen LogP contribution in [0.3, 0.4) is 0 Å². The molecule has 2 aromatic rings. The highest BCUT2D eigenvalue weighted by Gasteiger charge is 2.19. The second kappa shape index (κ2) is 6.96. The summed E-state index contributed by atoms with van der Waals surface area (Å²) in [6, 6.07) is 9.12. The highest BCUT2D eigenvalue weighted by Crippen LogP contribution is 2.23. The number of pyridine rings is 2. The minimum absolute atomic E-state index is 0.0830. The summed E-state index contributed by atoms with van der Waals surface area (Å²) in [5.74, 6) is 0.699. The average molecular weight is 331 g/mol. The maximum Gasteiger partial charge on any atom is 0.254 e. The minimum atomic E-state index is -0.0830. The van der Waals surface area contributed by atoms with Crippen LogP contribution in [-0.4, -0.2) is 40.9 Å². The van der Waals surface area contributed by atoms with Gasteiger partial charge in [0.1, 0.15) is 11.0 Å². The van der Waals surface area contributed by atoms with Gasteiger partial charge in [0.05, 0.1) is 12.2 Å². The first kappa shape index (κ1) is 15.7. The lowest BCUT2D eigenvalue weighted by molar-refractivity contribution is 0.0783. The number of anilines is 1. The topological polar surface area (TPSA) is 49.3 Å². The molecule has 1 amide bonds. The maximum atomic E-state index is 12.7. The molecule has 0 aliphatic carbocycles. The zero-order chi connectivity index (χ0) is 16.2. The predicted molar refractivity (Wildman–Crippen MR) is 90.7 cm³/mol. The number of carbonyl (C=O) groups excluding carboxylic acids is 1. The van der Waals surface area contributed by atoms with Crippen molar-refractivity contribution in [3.8, 4) is 0 Å². The molecule has 120 valence electrons. The van der Waals surface area contributed by atoms with E-state index in [4.69, 9.17) is 11.6 Å². The number of hydrogen-bond donors (Lipinski definition) is 0. The van der Waals surface area contributed by atoms with Gasteiger partial charge in [0.25, 0.3) is 5.91 Å². The van der Waals surface area contributed by atoms with Crippen LogP contribution in [0, 0.1) is 0 Å². The smallest absolute Gasteiger partial charge is 0.254 e. The van der Waals surface area contributed by atoms with Crippen molar-refractivity contribution in [3.05, 3.63) is 52.9 Å². The Bertz CT molecular complexity index is 686. The van der Waals surface area contributed by atoms with Crippen LogP contribution in [-0.2, 0) is 6.54 Å². The van der Waals surface area contributed by atoms with Gasteiger partial charge in [-0.2, -0.15) is 0 Å². The summed E-state index contributed by atoms with van der Waals surface area (Å²) in [4.78, 5) is 25.1. The van der Waals surface area contributed by atoms with Crippen molar-refractivity contribution in [2.75, 3.05) is 25.0 Å². The van der Waals surface area contributed by atoms with Crippen LogP contribution in [0.4, 0.5) is 5.82 Å².